The summed E-state index contributed by atoms with van der Waals surface area (Å²) < 4.78 is 0. The SMILES string of the molecule is CCC(C(=O)Nc1cccc2cccnc12)c1ccccc1. The molecule has 1 heterocycles. The fourth-order valence-corrected chi connectivity index (χ4v) is 2.68. The van der Waals surface area contributed by atoms with Crippen LogP contribution in [0, 0.1) is 0 Å². The van der Waals surface area contributed by atoms with Gasteiger partial charge in [-0.2, -0.15) is 0 Å². The van der Waals surface area contributed by atoms with E-state index in [1.54, 1.807) is 6.20 Å². The van der Waals surface area contributed by atoms with Gasteiger partial charge in [-0.15, -0.1) is 0 Å². The Kier molecular flexibility index (Phi) is 4.15. The molecule has 0 bridgehead atoms. The third-order valence-electron chi connectivity index (χ3n) is 3.82. The standard InChI is InChI=1S/C19H18N2O/c1-2-16(14-8-4-3-5-9-14)19(22)21-17-12-6-10-15-11-7-13-20-18(15)17/h3-13,16H,2H2,1H3,(H,21,22). The number of carbonyl (C=O) groups excluding carboxylic acids is 1. The minimum atomic E-state index is -0.153. The fraction of sp³-hybridized carbons (Fsp3) is 0.158. The lowest BCUT2D eigenvalue weighted by atomic mass is 9.95. The summed E-state index contributed by atoms with van der Waals surface area (Å²) in [4.78, 5) is 17.0. The second-order valence-electron chi connectivity index (χ2n) is 5.24. The Hall–Kier alpha value is -2.68. The molecule has 0 saturated carbocycles. The van der Waals surface area contributed by atoms with E-state index in [1.807, 2.05) is 67.6 Å². The Balaban J connectivity index is 1.89. The Morgan fingerprint density at radius 1 is 1.05 bits per heavy atom. The highest BCUT2D eigenvalue weighted by molar-refractivity contribution is 6.02. The fourth-order valence-electron chi connectivity index (χ4n) is 2.68. The molecule has 0 fully saturated rings. The van der Waals surface area contributed by atoms with Crippen molar-refractivity contribution < 1.29 is 4.79 Å². The summed E-state index contributed by atoms with van der Waals surface area (Å²) in [5, 5.41) is 4.05. The van der Waals surface area contributed by atoms with Gasteiger partial charge in [0, 0.05) is 11.6 Å². The van der Waals surface area contributed by atoms with Crippen LogP contribution in [-0.2, 0) is 4.79 Å². The number of amides is 1. The van der Waals surface area contributed by atoms with Gasteiger partial charge < -0.3 is 5.32 Å². The molecule has 0 aliphatic rings. The molecule has 3 nitrogen and oxygen atoms in total. The normalized spacial score (nSPS) is 12.0. The number of para-hydroxylation sites is 1. The topological polar surface area (TPSA) is 42.0 Å². The summed E-state index contributed by atoms with van der Waals surface area (Å²) in [7, 11) is 0. The molecule has 1 unspecified atom stereocenters. The zero-order chi connectivity index (χ0) is 15.4. The van der Waals surface area contributed by atoms with E-state index in [1.165, 1.54) is 0 Å². The molecule has 3 heteroatoms. The van der Waals surface area contributed by atoms with E-state index in [4.69, 9.17) is 0 Å². The molecule has 0 aliphatic carbocycles. The van der Waals surface area contributed by atoms with E-state index < -0.39 is 0 Å². The maximum Gasteiger partial charge on any atom is 0.231 e. The molecule has 0 spiro atoms. The Morgan fingerprint density at radius 3 is 2.59 bits per heavy atom. The van der Waals surface area contributed by atoms with Gasteiger partial charge in [-0.05, 0) is 24.1 Å². The number of hydrogen-bond donors (Lipinski definition) is 1. The number of hydrogen-bond acceptors (Lipinski definition) is 2. The number of fused-ring (bicyclic) bond motifs is 1. The first-order chi connectivity index (χ1) is 10.8. The highest BCUT2D eigenvalue weighted by atomic mass is 16.1. The number of benzene rings is 2. The molecular formula is C19H18N2O. The number of carbonyl (C=O) groups is 1. The average molecular weight is 290 g/mol. The van der Waals surface area contributed by atoms with Gasteiger partial charge in [0.05, 0.1) is 17.1 Å². The van der Waals surface area contributed by atoms with Crippen molar-refractivity contribution in [2.75, 3.05) is 5.32 Å². The van der Waals surface area contributed by atoms with E-state index in [2.05, 4.69) is 10.3 Å². The van der Waals surface area contributed by atoms with E-state index in [0.29, 0.717) is 0 Å². The summed E-state index contributed by atoms with van der Waals surface area (Å²) in [6.07, 6.45) is 2.50. The average Bonchev–Trinajstić information content (AvgIpc) is 2.57. The van der Waals surface area contributed by atoms with Crippen LogP contribution in [0.25, 0.3) is 10.9 Å². The van der Waals surface area contributed by atoms with Gasteiger partial charge in [-0.1, -0.05) is 55.5 Å². The molecule has 0 saturated heterocycles. The second-order valence-corrected chi connectivity index (χ2v) is 5.24. The molecule has 3 rings (SSSR count). The first kappa shape index (κ1) is 14.3. The van der Waals surface area contributed by atoms with Gasteiger partial charge in [-0.3, -0.25) is 9.78 Å². The van der Waals surface area contributed by atoms with E-state index in [0.717, 1.165) is 28.6 Å². The number of aromatic nitrogens is 1. The van der Waals surface area contributed by atoms with E-state index in [-0.39, 0.29) is 11.8 Å². The van der Waals surface area contributed by atoms with Crippen LogP contribution >= 0.6 is 0 Å². The van der Waals surface area contributed by atoms with Gasteiger partial charge in [0.25, 0.3) is 0 Å². The highest BCUT2D eigenvalue weighted by Crippen LogP contribution is 2.25. The van der Waals surface area contributed by atoms with Gasteiger partial charge in [0.1, 0.15) is 0 Å². The molecule has 1 N–H and O–H groups in total. The van der Waals surface area contributed by atoms with Crippen molar-refractivity contribution in [3.63, 3.8) is 0 Å². The predicted octanol–water partition coefficient (Wildman–Crippen LogP) is 4.37. The molecule has 1 atom stereocenters. The summed E-state index contributed by atoms with van der Waals surface area (Å²) in [6.45, 7) is 2.03. The van der Waals surface area contributed by atoms with Crippen LogP contribution in [0.3, 0.4) is 0 Å². The molecule has 0 aliphatic heterocycles. The van der Waals surface area contributed by atoms with Crippen LogP contribution in [0.4, 0.5) is 5.69 Å². The smallest absolute Gasteiger partial charge is 0.231 e. The van der Waals surface area contributed by atoms with Crippen LogP contribution in [0.5, 0.6) is 0 Å². The van der Waals surface area contributed by atoms with Crippen molar-refractivity contribution in [3.05, 3.63) is 72.4 Å². The van der Waals surface area contributed by atoms with Crippen molar-refractivity contribution in [2.24, 2.45) is 0 Å². The molecular weight excluding hydrogens is 272 g/mol. The highest BCUT2D eigenvalue weighted by Gasteiger charge is 2.19. The number of rotatable bonds is 4. The maximum absolute atomic E-state index is 12.6. The Labute approximate surface area is 130 Å². The Morgan fingerprint density at radius 2 is 1.82 bits per heavy atom. The van der Waals surface area contributed by atoms with Crippen molar-refractivity contribution in [1.29, 1.82) is 0 Å². The summed E-state index contributed by atoms with van der Waals surface area (Å²) >= 11 is 0. The van der Waals surface area contributed by atoms with Crippen molar-refractivity contribution in [2.45, 2.75) is 19.3 Å². The third kappa shape index (κ3) is 2.84. The van der Waals surface area contributed by atoms with Crippen molar-refractivity contribution in [3.8, 4) is 0 Å². The summed E-state index contributed by atoms with van der Waals surface area (Å²) in [6, 6.07) is 19.6. The quantitative estimate of drug-likeness (QED) is 0.775. The molecule has 22 heavy (non-hydrogen) atoms. The number of nitrogens with one attached hydrogen (secondary N) is 1. The largest absolute Gasteiger partial charge is 0.324 e. The monoisotopic (exact) mass is 290 g/mol. The molecule has 110 valence electrons. The molecule has 2 aromatic carbocycles. The van der Waals surface area contributed by atoms with E-state index in [9.17, 15) is 4.79 Å². The van der Waals surface area contributed by atoms with Crippen LogP contribution in [-0.4, -0.2) is 10.9 Å². The van der Waals surface area contributed by atoms with Gasteiger partial charge in [0.2, 0.25) is 5.91 Å². The third-order valence-corrected chi connectivity index (χ3v) is 3.82. The zero-order valence-electron chi connectivity index (χ0n) is 12.5. The van der Waals surface area contributed by atoms with Crippen molar-refractivity contribution in [1.82, 2.24) is 4.98 Å². The molecule has 1 amide bonds. The number of anilines is 1. The first-order valence-corrected chi connectivity index (χ1v) is 7.49. The van der Waals surface area contributed by atoms with E-state index >= 15 is 0 Å². The van der Waals surface area contributed by atoms with Crippen LogP contribution in [0.15, 0.2) is 66.9 Å². The number of pyridine rings is 1. The van der Waals surface area contributed by atoms with Gasteiger partial charge in [0.15, 0.2) is 0 Å². The first-order valence-electron chi connectivity index (χ1n) is 7.49. The molecule has 3 aromatic rings. The predicted molar refractivity (Wildman–Crippen MR) is 89.8 cm³/mol. The molecule has 1 aromatic heterocycles. The number of nitrogens with zero attached hydrogens (tertiary/aromatic N) is 1. The molecule has 0 radical (unpaired) electrons. The maximum atomic E-state index is 12.6. The minimum absolute atomic E-state index is 0.00635. The second kappa shape index (κ2) is 6.39. The van der Waals surface area contributed by atoms with Crippen molar-refractivity contribution >= 4 is 22.5 Å². The van der Waals surface area contributed by atoms with Crippen LogP contribution in [0.2, 0.25) is 0 Å². The summed E-state index contributed by atoms with van der Waals surface area (Å²) in [5.41, 5.74) is 2.62. The van der Waals surface area contributed by atoms with Gasteiger partial charge >= 0.3 is 0 Å². The van der Waals surface area contributed by atoms with Gasteiger partial charge in [-0.25, -0.2) is 0 Å². The minimum Gasteiger partial charge on any atom is -0.324 e. The van der Waals surface area contributed by atoms with Crippen LogP contribution < -0.4 is 5.32 Å². The Bertz CT molecular complexity index is 778. The lowest BCUT2D eigenvalue weighted by molar-refractivity contribution is -0.117. The summed E-state index contributed by atoms with van der Waals surface area (Å²) in [5.74, 6) is -0.146. The zero-order valence-corrected chi connectivity index (χ0v) is 12.5. The lowest BCUT2D eigenvalue weighted by Crippen LogP contribution is -2.20. The lowest BCUT2D eigenvalue weighted by Gasteiger charge is -2.16. The van der Waals surface area contributed by atoms with Crippen LogP contribution in [0.1, 0.15) is 24.8 Å².